The monoisotopic (exact) mass is 1560 g/mol. The second kappa shape index (κ2) is 32.0. The summed E-state index contributed by atoms with van der Waals surface area (Å²) in [7, 11) is 4.56. The van der Waals surface area contributed by atoms with Gasteiger partial charge in [0.25, 0.3) is 47.3 Å². The lowest BCUT2D eigenvalue weighted by Gasteiger charge is -2.26. The average Bonchev–Trinajstić information content (AvgIpc) is 1.60. The van der Waals surface area contributed by atoms with Crippen molar-refractivity contribution in [2.45, 2.75) is 59.3 Å². The smallest absolute Gasteiger partial charge is 0.266 e. The molecule has 0 radical (unpaired) electrons. The molecular weight excluding hydrogens is 1490 g/mol. The van der Waals surface area contributed by atoms with Gasteiger partial charge in [-0.05, 0) is 243 Å². The molecule has 0 bridgehead atoms. The normalized spacial score (nSPS) is 13.3. The van der Waals surface area contributed by atoms with Crippen molar-refractivity contribution in [3.63, 3.8) is 0 Å². The first-order valence-corrected chi connectivity index (χ1v) is 38.0. The summed E-state index contributed by atoms with van der Waals surface area (Å²) in [6, 6.07) is 87.4. The molecule has 584 valence electrons. The summed E-state index contributed by atoms with van der Waals surface area (Å²) < 4.78 is 35.1. The molecule has 0 unspecified atom stereocenters. The zero-order valence-electron chi connectivity index (χ0n) is 66.1. The number of benzene rings is 13. The highest BCUT2D eigenvalue weighted by Crippen LogP contribution is 2.41. The van der Waals surface area contributed by atoms with Gasteiger partial charge in [-0.3, -0.25) is 53.0 Å². The highest BCUT2D eigenvalue weighted by Gasteiger charge is 2.40. The summed E-state index contributed by atoms with van der Waals surface area (Å²) >= 11 is 0. The molecule has 0 fully saturated rings. The summed E-state index contributed by atoms with van der Waals surface area (Å²) in [6.45, 7) is 14.4. The van der Waals surface area contributed by atoms with Crippen LogP contribution in [-0.4, -0.2) is 84.0 Å². The minimum Gasteiger partial charge on any atom is -0.497 e. The number of ketones is 1. The standard InChI is InChI=1S/2C39H30N2O6.C21H18O3/c1-23-5-11-26(12-6-23)41-37(44)32-20-18-30(22-34(32)38(41)45)47-28-15-9-25(10-16-28)39(2,3)24-7-13-27(14-8-24)46-29-17-19-31-33(21-29)36(43)40(4)35(31)42;1-23-6-5-7-26(20-23)41-37(44)32-19-17-30(22-34(32)38(41)45)47-28-14-10-25(11-15-28)39(2,3)24-8-12-27(13-9-24)46-29-16-18-31-33(21-29)36(43)40(4)35(31)42;1-15-3-5-16(6-4-15)21(22)17-7-9-19(10-8-17)24-20-13-11-18(23-2)12-14-20/h2*5-22H,1-4H3;3-14H,1-2H3. The number of imide groups is 4. The third-order valence-corrected chi connectivity index (χ3v) is 21.4. The summed E-state index contributed by atoms with van der Waals surface area (Å²) in [6.07, 6.45) is 0. The summed E-state index contributed by atoms with van der Waals surface area (Å²) in [5.41, 5.74) is 11.9. The molecule has 0 spiro atoms. The molecule has 0 saturated carbocycles. The minimum atomic E-state index is -0.375. The zero-order valence-corrected chi connectivity index (χ0v) is 66.1. The first kappa shape index (κ1) is 78.2. The summed E-state index contributed by atoms with van der Waals surface area (Å²) in [5.74, 6) is 3.72. The van der Waals surface area contributed by atoms with Crippen molar-refractivity contribution in [2.24, 2.45) is 0 Å². The lowest BCUT2D eigenvalue weighted by molar-refractivity contribution is 0.0677. The Morgan fingerprint density at radius 1 is 0.254 bits per heavy atom. The third kappa shape index (κ3) is 15.7. The van der Waals surface area contributed by atoms with Gasteiger partial charge in [-0.25, -0.2) is 9.80 Å². The van der Waals surface area contributed by atoms with E-state index in [0.29, 0.717) is 125 Å². The predicted molar refractivity (Wildman–Crippen MR) is 448 cm³/mol. The topological polar surface area (TPSA) is 222 Å². The van der Waals surface area contributed by atoms with Gasteiger partial charge in [0.05, 0.1) is 63.0 Å². The van der Waals surface area contributed by atoms with E-state index < -0.39 is 0 Å². The summed E-state index contributed by atoms with van der Waals surface area (Å²) in [5, 5.41) is 0. The van der Waals surface area contributed by atoms with Crippen molar-refractivity contribution in [1.82, 2.24) is 9.80 Å². The van der Waals surface area contributed by atoms with Crippen LogP contribution in [0.4, 0.5) is 11.4 Å². The van der Waals surface area contributed by atoms with Crippen molar-refractivity contribution >= 4 is 64.4 Å². The van der Waals surface area contributed by atoms with E-state index in [4.69, 9.17) is 28.4 Å². The van der Waals surface area contributed by atoms with Crippen LogP contribution in [0.15, 0.2) is 291 Å². The lowest BCUT2D eigenvalue weighted by atomic mass is 9.78. The van der Waals surface area contributed by atoms with Gasteiger partial charge in [0.1, 0.15) is 63.2 Å². The van der Waals surface area contributed by atoms with Crippen LogP contribution in [0.3, 0.4) is 0 Å². The lowest BCUT2D eigenvalue weighted by Crippen LogP contribution is -2.29. The largest absolute Gasteiger partial charge is 0.497 e. The van der Waals surface area contributed by atoms with Crippen LogP contribution in [-0.2, 0) is 10.8 Å². The number of hydrogen-bond acceptors (Lipinski definition) is 15. The SMILES string of the molecule is COc1ccc(Oc2ccc(C(=O)c3ccc(C)cc3)cc2)cc1.Cc1ccc(N2C(=O)c3ccc(Oc4ccc(C(C)(C)c5ccc(Oc6ccc7c(c6)C(=O)N(C)C7=O)cc5)cc4)cc3C2=O)cc1.Cc1cccc(N2C(=O)c3ccc(Oc4ccc(C(C)(C)c5ccc(Oc6ccc7c(c6)C(=O)N(C)C7=O)cc5)cc4)cc3C2=O)c1. The van der Waals surface area contributed by atoms with Gasteiger partial charge in [0.15, 0.2) is 5.78 Å². The van der Waals surface area contributed by atoms with Crippen LogP contribution in [0.25, 0.3) is 0 Å². The molecule has 0 aliphatic carbocycles. The van der Waals surface area contributed by atoms with Crippen LogP contribution in [0.2, 0.25) is 0 Å². The number of nitrogens with zero attached hydrogens (tertiary/aromatic N) is 4. The quantitative estimate of drug-likeness (QED) is 0.0542. The van der Waals surface area contributed by atoms with Crippen molar-refractivity contribution in [2.75, 3.05) is 31.0 Å². The Bertz CT molecular complexity index is 6180. The van der Waals surface area contributed by atoms with Crippen LogP contribution in [0, 0.1) is 20.8 Å². The number of amides is 8. The molecule has 4 aliphatic rings. The van der Waals surface area contributed by atoms with Gasteiger partial charge >= 0.3 is 0 Å². The Morgan fingerprint density at radius 3 is 0.847 bits per heavy atom. The van der Waals surface area contributed by atoms with Gasteiger partial charge < -0.3 is 28.4 Å². The molecule has 118 heavy (non-hydrogen) atoms. The van der Waals surface area contributed by atoms with Crippen molar-refractivity contribution in [1.29, 1.82) is 0 Å². The van der Waals surface area contributed by atoms with Gasteiger partial charge in [-0.1, -0.05) is 136 Å². The Labute approximate surface area is 681 Å². The van der Waals surface area contributed by atoms with E-state index in [-0.39, 0.29) is 63.9 Å². The van der Waals surface area contributed by atoms with Crippen LogP contribution < -0.4 is 38.2 Å². The number of rotatable bonds is 19. The fourth-order valence-corrected chi connectivity index (χ4v) is 14.3. The molecule has 4 heterocycles. The second-order valence-corrected chi connectivity index (χ2v) is 30.0. The van der Waals surface area contributed by atoms with E-state index in [9.17, 15) is 43.2 Å². The highest BCUT2D eigenvalue weighted by molar-refractivity contribution is 6.35. The molecule has 19 nitrogen and oxygen atoms in total. The third-order valence-electron chi connectivity index (χ3n) is 21.4. The van der Waals surface area contributed by atoms with E-state index in [1.165, 1.54) is 23.9 Å². The van der Waals surface area contributed by atoms with Gasteiger partial charge in [-0.15, -0.1) is 0 Å². The maximum absolute atomic E-state index is 13.2. The maximum atomic E-state index is 13.2. The first-order chi connectivity index (χ1) is 56.7. The van der Waals surface area contributed by atoms with Crippen molar-refractivity contribution < 1.29 is 71.6 Å². The minimum absolute atomic E-state index is 0.00555. The van der Waals surface area contributed by atoms with Crippen LogP contribution in [0.5, 0.6) is 63.2 Å². The number of ether oxygens (including phenoxy) is 6. The van der Waals surface area contributed by atoms with Gasteiger partial charge in [0, 0.05) is 36.1 Å². The van der Waals surface area contributed by atoms with Crippen molar-refractivity contribution in [3.8, 4) is 63.2 Å². The number of hydrogen-bond donors (Lipinski definition) is 0. The number of carbonyl (C=O) groups excluding carboxylic acids is 9. The Balaban J connectivity index is 0.000000146. The van der Waals surface area contributed by atoms with Gasteiger partial charge in [0.2, 0.25) is 0 Å². The number of anilines is 2. The van der Waals surface area contributed by atoms with E-state index in [1.54, 1.807) is 122 Å². The fraction of sp³-hybridized carbons (Fsp3) is 0.121. The zero-order chi connectivity index (χ0) is 83.0. The molecule has 17 rings (SSSR count). The molecule has 0 atom stereocenters. The second-order valence-electron chi connectivity index (χ2n) is 30.0. The molecular formula is C99H78N4O15. The molecule has 19 heteroatoms. The molecule has 0 N–H and O–H groups in total. The average molecular weight is 1560 g/mol. The molecule has 0 aromatic heterocycles. The van der Waals surface area contributed by atoms with E-state index >= 15 is 0 Å². The first-order valence-electron chi connectivity index (χ1n) is 38.0. The Kier molecular flexibility index (Phi) is 21.2. The number of aryl methyl sites for hydroxylation is 3. The fourth-order valence-electron chi connectivity index (χ4n) is 14.3. The summed E-state index contributed by atoms with van der Waals surface area (Å²) in [4.78, 5) is 119. The maximum Gasteiger partial charge on any atom is 0.266 e. The van der Waals surface area contributed by atoms with E-state index in [2.05, 4.69) is 27.7 Å². The Morgan fingerprint density at radius 2 is 0.508 bits per heavy atom. The molecule has 0 saturated heterocycles. The molecule has 8 amide bonds. The van der Waals surface area contributed by atoms with E-state index in [0.717, 1.165) is 54.5 Å². The molecule has 4 aliphatic heterocycles. The van der Waals surface area contributed by atoms with Crippen LogP contribution in [0.1, 0.15) is 165 Å². The molecule has 13 aromatic rings. The van der Waals surface area contributed by atoms with Crippen LogP contribution >= 0.6 is 0 Å². The Hall–Kier alpha value is -15.1. The number of fused-ring (bicyclic) bond motifs is 4. The van der Waals surface area contributed by atoms with Crippen molar-refractivity contribution in [3.05, 3.63) is 386 Å². The highest BCUT2D eigenvalue weighted by atomic mass is 16.5. The predicted octanol–water partition coefficient (Wildman–Crippen LogP) is 20.9. The number of carbonyl (C=O) groups is 9. The van der Waals surface area contributed by atoms with Gasteiger partial charge in [-0.2, -0.15) is 0 Å². The number of methoxy groups -OCH3 is 1. The van der Waals surface area contributed by atoms with E-state index in [1.807, 2.05) is 197 Å². The molecule has 13 aromatic carbocycles.